The maximum Gasteiger partial charge on any atom is 0.573 e. The molecular weight excluding hydrogens is 525 g/mol. The number of ether oxygens (including phenoxy) is 1. The molecule has 4 aromatic rings. The van der Waals surface area contributed by atoms with Gasteiger partial charge in [-0.25, -0.2) is 9.67 Å². The fourth-order valence-corrected chi connectivity index (χ4v) is 4.58. The van der Waals surface area contributed by atoms with Gasteiger partial charge in [0.25, 0.3) is 0 Å². The van der Waals surface area contributed by atoms with Crippen LogP contribution in [0.5, 0.6) is 5.75 Å². The average molecular weight is 551 g/mol. The van der Waals surface area contributed by atoms with Crippen molar-refractivity contribution in [2.45, 2.75) is 39.0 Å². The number of hydrogen-bond donors (Lipinski definition) is 2. The summed E-state index contributed by atoms with van der Waals surface area (Å²) in [7, 11) is 0. The minimum atomic E-state index is -4.74. The molecule has 0 spiro atoms. The fourth-order valence-electron chi connectivity index (χ4n) is 4.43. The number of alkyl halides is 3. The van der Waals surface area contributed by atoms with Gasteiger partial charge in [0.15, 0.2) is 10.9 Å². The Morgan fingerprint density at radius 2 is 1.82 bits per heavy atom. The summed E-state index contributed by atoms with van der Waals surface area (Å²) >= 11 is 5.47. The summed E-state index contributed by atoms with van der Waals surface area (Å²) in [6.07, 6.45) is -1.63. The van der Waals surface area contributed by atoms with Gasteiger partial charge in [0.2, 0.25) is 0 Å². The predicted molar refractivity (Wildman–Crippen MR) is 148 cm³/mol. The molecule has 1 heterocycles. The summed E-state index contributed by atoms with van der Waals surface area (Å²) in [4.78, 5) is 4.38. The molecule has 0 atom stereocenters. The molecule has 0 radical (unpaired) electrons. The van der Waals surface area contributed by atoms with Crippen LogP contribution in [0.2, 0.25) is 0 Å². The summed E-state index contributed by atoms with van der Waals surface area (Å²) in [5, 5.41) is 12.7. The molecule has 0 bridgehead atoms. The molecule has 0 saturated carbocycles. The van der Waals surface area contributed by atoms with E-state index < -0.39 is 6.36 Å². The Morgan fingerprint density at radius 1 is 1.05 bits per heavy atom. The lowest BCUT2D eigenvalue weighted by molar-refractivity contribution is -0.274. The van der Waals surface area contributed by atoms with E-state index in [0.717, 1.165) is 40.9 Å². The van der Waals surface area contributed by atoms with Crippen LogP contribution in [0.3, 0.4) is 0 Å². The number of nitrogens with one attached hydrogen (secondary N) is 2. The summed E-state index contributed by atoms with van der Waals surface area (Å²) in [5.74, 6) is 0.568. The van der Waals surface area contributed by atoms with Crippen molar-refractivity contribution in [3.63, 3.8) is 0 Å². The molecule has 0 fully saturated rings. The average Bonchev–Trinajstić information content (AvgIpc) is 3.54. The van der Waals surface area contributed by atoms with Crippen molar-refractivity contribution in [3.8, 4) is 22.8 Å². The molecule has 11 heteroatoms. The van der Waals surface area contributed by atoms with Crippen molar-refractivity contribution in [3.05, 3.63) is 89.7 Å². The largest absolute Gasteiger partial charge is 0.573 e. The summed E-state index contributed by atoms with van der Waals surface area (Å²) < 4.78 is 42.6. The normalized spacial score (nSPS) is 13.9. The molecule has 0 saturated heterocycles. The first-order valence-corrected chi connectivity index (χ1v) is 12.7. The van der Waals surface area contributed by atoms with Crippen LogP contribution in [-0.2, 0) is 6.42 Å². The van der Waals surface area contributed by atoms with Gasteiger partial charge in [-0.05, 0) is 78.5 Å². The van der Waals surface area contributed by atoms with Gasteiger partial charge in [0, 0.05) is 16.8 Å². The Balaban J connectivity index is 1.26. The number of rotatable bonds is 6. The monoisotopic (exact) mass is 550 g/mol. The number of thiocarbonyl (C=S) groups is 1. The third kappa shape index (κ3) is 6.26. The van der Waals surface area contributed by atoms with Crippen LogP contribution in [0.25, 0.3) is 17.1 Å². The van der Waals surface area contributed by atoms with Crippen LogP contribution >= 0.6 is 12.2 Å². The number of fused-ring (bicyclic) bond motifs is 1. The lowest BCUT2D eigenvalue weighted by atomic mass is 10.0. The molecular formula is C28H25F3N6OS. The van der Waals surface area contributed by atoms with Crippen LogP contribution in [0, 0.1) is 0 Å². The molecule has 0 unspecified atom stereocenters. The van der Waals surface area contributed by atoms with Gasteiger partial charge >= 0.3 is 6.36 Å². The standard InChI is InChI=1S/C28H25F3N6OS/c1-17(2)22-5-3-4-6-24(22)33-27(39)35-34-25-14-8-18-15-19(7-13-23(18)25)26-32-16-37(36-26)20-9-11-21(12-10-20)38-28(29,30)31/h3-7,9-13,15-17H,8,14H2,1-2H3,(H2,33,35,39). The number of nitrogens with zero attached hydrogens (tertiary/aromatic N) is 4. The number of hydrogen-bond acceptors (Lipinski definition) is 5. The number of halogens is 3. The van der Waals surface area contributed by atoms with Crippen molar-refractivity contribution in [1.29, 1.82) is 0 Å². The lowest BCUT2D eigenvalue weighted by Crippen LogP contribution is -2.25. The van der Waals surface area contributed by atoms with E-state index in [0.29, 0.717) is 22.5 Å². The Labute approximate surface area is 228 Å². The van der Waals surface area contributed by atoms with E-state index in [1.807, 2.05) is 36.4 Å². The molecule has 5 rings (SSSR count). The highest BCUT2D eigenvalue weighted by Crippen LogP contribution is 2.28. The van der Waals surface area contributed by atoms with Crippen molar-refractivity contribution >= 4 is 28.7 Å². The first kappa shape index (κ1) is 26.4. The SMILES string of the molecule is CC(C)c1ccccc1NC(=S)NN=C1CCc2cc(-c3ncn(-c4ccc(OC(F)(F)F)cc4)n3)ccc21. The van der Waals surface area contributed by atoms with Crippen LogP contribution in [-0.4, -0.2) is 32.0 Å². The second-order valence-corrected chi connectivity index (χ2v) is 9.70. The number of aryl methyl sites for hydroxylation is 1. The second kappa shape index (κ2) is 10.9. The highest BCUT2D eigenvalue weighted by Gasteiger charge is 2.31. The van der Waals surface area contributed by atoms with Crippen LogP contribution in [0.15, 0.2) is 78.2 Å². The van der Waals surface area contributed by atoms with E-state index in [-0.39, 0.29) is 5.75 Å². The molecule has 0 amide bonds. The Kier molecular flexibility index (Phi) is 7.34. The maximum atomic E-state index is 12.4. The molecule has 3 aromatic carbocycles. The van der Waals surface area contributed by atoms with E-state index in [2.05, 4.69) is 50.6 Å². The number of benzene rings is 3. The van der Waals surface area contributed by atoms with Crippen molar-refractivity contribution in [2.75, 3.05) is 5.32 Å². The van der Waals surface area contributed by atoms with Gasteiger partial charge in [-0.1, -0.05) is 44.2 Å². The third-order valence-corrected chi connectivity index (χ3v) is 6.45. The third-order valence-electron chi connectivity index (χ3n) is 6.26. The Morgan fingerprint density at radius 3 is 2.56 bits per heavy atom. The topological polar surface area (TPSA) is 76.4 Å². The van der Waals surface area contributed by atoms with E-state index in [9.17, 15) is 13.2 Å². The maximum absolute atomic E-state index is 12.4. The van der Waals surface area contributed by atoms with Crippen molar-refractivity contribution in [1.82, 2.24) is 20.2 Å². The lowest BCUT2D eigenvalue weighted by Gasteiger charge is -2.14. The Bertz CT molecular complexity index is 1530. The highest BCUT2D eigenvalue weighted by atomic mass is 32.1. The number of aromatic nitrogens is 3. The van der Waals surface area contributed by atoms with Gasteiger partial charge < -0.3 is 10.1 Å². The number of anilines is 1. The van der Waals surface area contributed by atoms with E-state index in [4.69, 9.17) is 12.2 Å². The molecule has 1 aliphatic carbocycles. The van der Waals surface area contributed by atoms with Gasteiger partial charge in [-0.15, -0.1) is 18.3 Å². The van der Waals surface area contributed by atoms with E-state index in [1.54, 1.807) is 0 Å². The number of para-hydroxylation sites is 1. The molecule has 200 valence electrons. The molecule has 39 heavy (non-hydrogen) atoms. The smallest absolute Gasteiger partial charge is 0.406 e. The first-order valence-electron chi connectivity index (χ1n) is 12.3. The summed E-state index contributed by atoms with van der Waals surface area (Å²) in [6.45, 7) is 4.27. The molecule has 0 aliphatic heterocycles. The van der Waals surface area contributed by atoms with Gasteiger partial charge in [0.1, 0.15) is 12.1 Å². The zero-order chi connectivity index (χ0) is 27.6. The second-order valence-electron chi connectivity index (χ2n) is 9.29. The summed E-state index contributed by atoms with van der Waals surface area (Å²) in [6, 6.07) is 19.4. The first-order chi connectivity index (χ1) is 18.7. The van der Waals surface area contributed by atoms with Crippen LogP contribution in [0.4, 0.5) is 18.9 Å². The van der Waals surface area contributed by atoms with Crippen LogP contribution < -0.4 is 15.5 Å². The van der Waals surface area contributed by atoms with Crippen molar-refractivity contribution in [2.24, 2.45) is 5.10 Å². The zero-order valence-electron chi connectivity index (χ0n) is 21.2. The molecule has 2 N–H and O–H groups in total. The van der Waals surface area contributed by atoms with Crippen LogP contribution in [0.1, 0.15) is 42.9 Å². The minimum Gasteiger partial charge on any atom is -0.406 e. The quantitative estimate of drug-likeness (QED) is 0.208. The molecule has 1 aromatic heterocycles. The minimum absolute atomic E-state index is 0.297. The van der Waals surface area contributed by atoms with Crippen molar-refractivity contribution < 1.29 is 17.9 Å². The van der Waals surface area contributed by atoms with Gasteiger partial charge in [-0.2, -0.15) is 5.10 Å². The predicted octanol–water partition coefficient (Wildman–Crippen LogP) is 6.59. The molecule has 7 nitrogen and oxygen atoms in total. The van der Waals surface area contributed by atoms with E-state index >= 15 is 0 Å². The van der Waals surface area contributed by atoms with Gasteiger partial charge in [0.05, 0.1) is 11.4 Å². The highest BCUT2D eigenvalue weighted by molar-refractivity contribution is 7.80. The fraction of sp³-hybridized carbons (Fsp3) is 0.214. The summed E-state index contributed by atoms with van der Waals surface area (Å²) in [5.41, 5.74) is 9.58. The van der Waals surface area contributed by atoms with Gasteiger partial charge in [-0.3, -0.25) is 5.43 Å². The zero-order valence-corrected chi connectivity index (χ0v) is 22.0. The van der Waals surface area contributed by atoms with E-state index in [1.165, 1.54) is 40.8 Å². The number of hydrazone groups is 1. The molecule has 1 aliphatic rings. The Hall–Kier alpha value is -4.25.